The number of halogens is 2. The maximum atomic E-state index is 6.09. The summed E-state index contributed by atoms with van der Waals surface area (Å²) in [7, 11) is 0. The molecule has 5 nitrogen and oxygen atoms in total. The van der Waals surface area contributed by atoms with Crippen LogP contribution in [0.25, 0.3) is 28.1 Å². The molecule has 5 rings (SSSR count). The van der Waals surface area contributed by atoms with Gasteiger partial charge in [0.2, 0.25) is 0 Å². The summed E-state index contributed by atoms with van der Waals surface area (Å²) in [6.07, 6.45) is 0. The molecule has 0 atom stereocenters. The van der Waals surface area contributed by atoms with Crippen molar-refractivity contribution in [1.82, 2.24) is 24.7 Å². The molecule has 0 saturated heterocycles. The highest BCUT2D eigenvalue weighted by Gasteiger charge is 2.17. The second-order valence-corrected chi connectivity index (χ2v) is 8.43. The van der Waals surface area contributed by atoms with Crippen LogP contribution in [-0.4, -0.2) is 24.7 Å². The first kappa shape index (κ1) is 19.2. The first-order valence-corrected chi connectivity index (χ1v) is 11.0. The van der Waals surface area contributed by atoms with Gasteiger partial charge in [-0.1, -0.05) is 47.1 Å². The molecule has 0 spiro atoms. The Hall–Kier alpha value is -2.80. The van der Waals surface area contributed by atoms with Crippen molar-refractivity contribution in [2.45, 2.75) is 10.9 Å². The van der Waals surface area contributed by atoms with Gasteiger partial charge in [0, 0.05) is 21.3 Å². The van der Waals surface area contributed by atoms with Crippen molar-refractivity contribution < 1.29 is 0 Å². The SMILES string of the molecule is Clc1ccc(-c2nnc(SCc3nc4ccccc4[nH]3)n2-c2ccc(Cl)cc2)cc1. The van der Waals surface area contributed by atoms with Gasteiger partial charge in [-0.15, -0.1) is 10.2 Å². The van der Waals surface area contributed by atoms with Crippen molar-refractivity contribution in [3.05, 3.63) is 88.7 Å². The number of rotatable bonds is 5. The molecule has 0 aliphatic rings. The number of aromatic amines is 1. The number of benzene rings is 3. The van der Waals surface area contributed by atoms with Crippen molar-refractivity contribution in [2.75, 3.05) is 0 Å². The van der Waals surface area contributed by atoms with Gasteiger partial charge >= 0.3 is 0 Å². The average Bonchev–Trinajstić information content (AvgIpc) is 3.37. The third-order valence-electron chi connectivity index (χ3n) is 4.60. The summed E-state index contributed by atoms with van der Waals surface area (Å²) in [5, 5.41) is 11.0. The normalized spacial score (nSPS) is 11.3. The summed E-state index contributed by atoms with van der Waals surface area (Å²) in [6.45, 7) is 0. The van der Waals surface area contributed by atoms with Crippen molar-refractivity contribution in [3.8, 4) is 17.1 Å². The predicted molar refractivity (Wildman–Crippen MR) is 122 cm³/mol. The summed E-state index contributed by atoms with van der Waals surface area (Å²) in [6, 6.07) is 23.2. The molecule has 0 unspecified atom stereocenters. The molecule has 148 valence electrons. The van der Waals surface area contributed by atoms with Crippen LogP contribution in [0.1, 0.15) is 5.82 Å². The van der Waals surface area contributed by atoms with Gasteiger partial charge in [0.15, 0.2) is 11.0 Å². The maximum absolute atomic E-state index is 6.09. The van der Waals surface area contributed by atoms with Crippen molar-refractivity contribution >= 4 is 46.0 Å². The lowest BCUT2D eigenvalue weighted by atomic mass is 10.2. The quantitative estimate of drug-likeness (QED) is 0.313. The number of hydrogen-bond donors (Lipinski definition) is 1. The Morgan fingerprint density at radius 2 is 1.53 bits per heavy atom. The molecule has 1 N–H and O–H groups in total. The van der Waals surface area contributed by atoms with Gasteiger partial charge in [0.1, 0.15) is 5.82 Å². The zero-order chi connectivity index (χ0) is 20.5. The standard InChI is InChI=1S/C22H15Cl2N5S/c23-15-7-5-14(6-8-15)21-27-28-22(29(21)17-11-9-16(24)10-12-17)30-13-20-25-18-3-1-2-4-19(18)26-20/h1-12H,13H2,(H,25,26). The molecule has 2 aromatic heterocycles. The molecule has 30 heavy (non-hydrogen) atoms. The summed E-state index contributed by atoms with van der Waals surface area (Å²) in [5.41, 5.74) is 3.84. The molecule has 0 amide bonds. The van der Waals surface area contributed by atoms with Gasteiger partial charge in [0.05, 0.1) is 16.8 Å². The van der Waals surface area contributed by atoms with E-state index < -0.39 is 0 Å². The molecule has 3 aromatic carbocycles. The van der Waals surface area contributed by atoms with Crippen LogP contribution in [0.5, 0.6) is 0 Å². The number of thioether (sulfide) groups is 1. The van der Waals surface area contributed by atoms with E-state index in [0.717, 1.165) is 39.1 Å². The highest BCUT2D eigenvalue weighted by atomic mass is 35.5. The lowest BCUT2D eigenvalue weighted by molar-refractivity contribution is 0.884. The van der Waals surface area contributed by atoms with E-state index in [1.807, 2.05) is 77.4 Å². The number of fused-ring (bicyclic) bond motifs is 1. The van der Waals surface area contributed by atoms with E-state index in [1.54, 1.807) is 11.8 Å². The van der Waals surface area contributed by atoms with E-state index in [4.69, 9.17) is 23.2 Å². The lowest BCUT2D eigenvalue weighted by Crippen LogP contribution is -2.00. The fraction of sp³-hybridized carbons (Fsp3) is 0.0455. The summed E-state index contributed by atoms with van der Waals surface area (Å²) < 4.78 is 2.02. The number of aromatic nitrogens is 5. The molecule has 0 bridgehead atoms. The molecule has 0 aliphatic heterocycles. The number of H-pyrrole nitrogens is 1. The zero-order valence-electron chi connectivity index (χ0n) is 15.6. The van der Waals surface area contributed by atoms with Crippen LogP contribution in [0, 0.1) is 0 Å². The van der Waals surface area contributed by atoms with E-state index in [2.05, 4.69) is 20.2 Å². The summed E-state index contributed by atoms with van der Waals surface area (Å²) in [4.78, 5) is 8.01. The first-order chi connectivity index (χ1) is 14.7. The van der Waals surface area contributed by atoms with Crippen molar-refractivity contribution in [2.24, 2.45) is 0 Å². The van der Waals surface area contributed by atoms with Crippen LogP contribution in [0.3, 0.4) is 0 Å². The molecule has 8 heteroatoms. The Morgan fingerprint density at radius 3 is 2.27 bits per heavy atom. The third-order valence-corrected chi connectivity index (χ3v) is 6.04. The van der Waals surface area contributed by atoms with Gasteiger partial charge < -0.3 is 4.98 Å². The molecule has 0 aliphatic carbocycles. The topological polar surface area (TPSA) is 59.4 Å². The van der Waals surface area contributed by atoms with Gasteiger partial charge in [-0.2, -0.15) is 0 Å². The second kappa shape index (κ2) is 8.14. The predicted octanol–water partition coefficient (Wildman–Crippen LogP) is 6.41. The third kappa shape index (κ3) is 3.81. The smallest absolute Gasteiger partial charge is 0.196 e. The summed E-state index contributed by atoms with van der Waals surface area (Å²) in [5.74, 6) is 2.27. The molecule has 0 fully saturated rings. The number of hydrogen-bond acceptors (Lipinski definition) is 4. The fourth-order valence-corrected chi connectivity index (χ4v) is 4.25. The fourth-order valence-electron chi connectivity index (χ4n) is 3.18. The second-order valence-electron chi connectivity index (χ2n) is 6.61. The molecule has 0 radical (unpaired) electrons. The van der Waals surface area contributed by atoms with Crippen LogP contribution in [0.4, 0.5) is 0 Å². The Morgan fingerprint density at radius 1 is 0.833 bits per heavy atom. The van der Waals surface area contributed by atoms with Crippen molar-refractivity contribution in [1.29, 1.82) is 0 Å². The van der Waals surface area contributed by atoms with Crippen LogP contribution >= 0.6 is 35.0 Å². The Labute approximate surface area is 187 Å². The number of nitrogens with zero attached hydrogens (tertiary/aromatic N) is 4. The van der Waals surface area contributed by atoms with Gasteiger partial charge in [-0.25, -0.2) is 4.98 Å². The van der Waals surface area contributed by atoms with E-state index >= 15 is 0 Å². The number of imidazole rings is 1. The van der Waals surface area contributed by atoms with E-state index in [1.165, 1.54) is 0 Å². The van der Waals surface area contributed by atoms with E-state index in [0.29, 0.717) is 15.8 Å². The largest absolute Gasteiger partial charge is 0.341 e. The van der Waals surface area contributed by atoms with Crippen LogP contribution < -0.4 is 0 Å². The minimum absolute atomic E-state index is 0.640. The Kier molecular flexibility index (Phi) is 5.21. The zero-order valence-corrected chi connectivity index (χ0v) is 17.9. The maximum Gasteiger partial charge on any atom is 0.196 e. The number of nitrogens with one attached hydrogen (secondary N) is 1. The van der Waals surface area contributed by atoms with Gasteiger partial charge in [0.25, 0.3) is 0 Å². The summed E-state index contributed by atoms with van der Waals surface area (Å²) >= 11 is 13.7. The molecule has 2 heterocycles. The minimum Gasteiger partial charge on any atom is -0.341 e. The Balaban J connectivity index is 1.52. The molecular weight excluding hydrogens is 437 g/mol. The average molecular weight is 452 g/mol. The van der Waals surface area contributed by atoms with Gasteiger partial charge in [-0.05, 0) is 60.7 Å². The minimum atomic E-state index is 0.640. The molecule has 5 aromatic rings. The first-order valence-electron chi connectivity index (χ1n) is 9.21. The highest BCUT2D eigenvalue weighted by Crippen LogP contribution is 2.30. The number of para-hydroxylation sites is 2. The lowest BCUT2D eigenvalue weighted by Gasteiger charge is -2.10. The van der Waals surface area contributed by atoms with Crippen LogP contribution in [0.2, 0.25) is 10.0 Å². The van der Waals surface area contributed by atoms with Crippen molar-refractivity contribution in [3.63, 3.8) is 0 Å². The van der Waals surface area contributed by atoms with Crippen LogP contribution in [0.15, 0.2) is 78.0 Å². The van der Waals surface area contributed by atoms with Gasteiger partial charge in [-0.3, -0.25) is 4.57 Å². The highest BCUT2D eigenvalue weighted by molar-refractivity contribution is 7.98. The molecule has 0 saturated carbocycles. The van der Waals surface area contributed by atoms with E-state index in [-0.39, 0.29) is 0 Å². The van der Waals surface area contributed by atoms with E-state index in [9.17, 15) is 0 Å². The van der Waals surface area contributed by atoms with Crippen LogP contribution in [-0.2, 0) is 5.75 Å². The molecular formula is C22H15Cl2N5S. The Bertz CT molecular complexity index is 1280. The monoisotopic (exact) mass is 451 g/mol.